The first-order valence-corrected chi connectivity index (χ1v) is 10.8. The molecule has 4 aromatic rings. The van der Waals surface area contributed by atoms with Crippen molar-refractivity contribution in [3.8, 4) is 16.9 Å². The first-order valence-electron chi connectivity index (χ1n) is 10.8. The molecular weight excluding hydrogens is 423 g/mol. The Bertz CT molecular complexity index is 1310. The van der Waals surface area contributed by atoms with Crippen LogP contribution in [0.3, 0.4) is 0 Å². The van der Waals surface area contributed by atoms with Gasteiger partial charge in [0.05, 0.1) is 6.61 Å². The third kappa shape index (κ3) is 4.45. The van der Waals surface area contributed by atoms with Gasteiger partial charge in [-0.2, -0.15) is 5.10 Å². The van der Waals surface area contributed by atoms with Gasteiger partial charge in [-0.3, -0.25) is 9.48 Å². The van der Waals surface area contributed by atoms with Gasteiger partial charge in [0.15, 0.2) is 5.69 Å². The lowest BCUT2D eigenvalue weighted by Crippen LogP contribution is -2.20. The van der Waals surface area contributed by atoms with E-state index in [1.54, 1.807) is 31.0 Å². The average Bonchev–Trinajstić information content (AvgIpc) is 3.35. The SMILES string of the molecule is CNC(=O)c1nn(C)c(C)c1CCOc1ccc(F)cc1-c1ccc2ncc(CCN)n2c1. The Labute approximate surface area is 191 Å². The van der Waals surface area contributed by atoms with Gasteiger partial charge in [-0.15, -0.1) is 0 Å². The van der Waals surface area contributed by atoms with Crippen molar-refractivity contribution in [2.75, 3.05) is 20.2 Å². The predicted octanol–water partition coefficient (Wildman–Crippen LogP) is 2.66. The zero-order valence-electron chi connectivity index (χ0n) is 18.9. The van der Waals surface area contributed by atoms with E-state index in [1.165, 1.54) is 12.1 Å². The highest BCUT2D eigenvalue weighted by Crippen LogP contribution is 2.31. The highest BCUT2D eigenvalue weighted by molar-refractivity contribution is 5.93. The van der Waals surface area contributed by atoms with Crippen molar-refractivity contribution in [1.29, 1.82) is 0 Å². The summed E-state index contributed by atoms with van der Waals surface area (Å²) in [5.74, 6) is -0.0346. The van der Waals surface area contributed by atoms with Gasteiger partial charge in [0.2, 0.25) is 0 Å². The summed E-state index contributed by atoms with van der Waals surface area (Å²) in [5, 5.41) is 6.93. The number of nitrogens with two attached hydrogens (primary N) is 1. The Morgan fingerprint density at radius 1 is 1.24 bits per heavy atom. The van der Waals surface area contributed by atoms with Gasteiger partial charge in [0.1, 0.15) is 17.2 Å². The van der Waals surface area contributed by atoms with E-state index in [0.717, 1.165) is 28.2 Å². The summed E-state index contributed by atoms with van der Waals surface area (Å²) in [6, 6.07) is 8.24. The summed E-state index contributed by atoms with van der Waals surface area (Å²) in [6.45, 7) is 2.73. The largest absolute Gasteiger partial charge is 0.493 e. The fraction of sp³-hybridized carbons (Fsp3) is 0.292. The Kier molecular flexibility index (Phi) is 6.41. The molecule has 0 unspecified atom stereocenters. The van der Waals surface area contributed by atoms with Crippen LogP contribution in [0.4, 0.5) is 4.39 Å². The molecule has 3 aromatic heterocycles. The number of fused-ring (bicyclic) bond motifs is 1. The van der Waals surface area contributed by atoms with Gasteiger partial charge >= 0.3 is 0 Å². The number of aromatic nitrogens is 4. The molecule has 3 N–H and O–H groups in total. The van der Waals surface area contributed by atoms with Crippen molar-refractivity contribution < 1.29 is 13.9 Å². The Hall–Kier alpha value is -3.72. The lowest BCUT2D eigenvalue weighted by molar-refractivity contribution is 0.0956. The third-order valence-corrected chi connectivity index (χ3v) is 5.75. The van der Waals surface area contributed by atoms with Crippen LogP contribution >= 0.6 is 0 Å². The van der Waals surface area contributed by atoms with Crippen molar-refractivity contribution >= 4 is 11.6 Å². The number of nitrogens with one attached hydrogen (secondary N) is 1. The molecule has 0 radical (unpaired) electrons. The van der Waals surface area contributed by atoms with E-state index >= 15 is 0 Å². The molecule has 0 aliphatic carbocycles. The van der Waals surface area contributed by atoms with Crippen LogP contribution in [0.5, 0.6) is 5.75 Å². The van der Waals surface area contributed by atoms with Crippen molar-refractivity contribution in [2.45, 2.75) is 19.8 Å². The summed E-state index contributed by atoms with van der Waals surface area (Å²) in [5.41, 5.74) is 11.1. The van der Waals surface area contributed by atoms with E-state index in [2.05, 4.69) is 15.4 Å². The fourth-order valence-corrected chi connectivity index (χ4v) is 3.89. The maximum atomic E-state index is 14.2. The molecule has 0 spiro atoms. The number of nitrogens with zero attached hydrogens (tertiary/aromatic N) is 4. The Balaban J connectivity index is 1.61. The van der Waals surface area contributed by atoms with E-state index in [9.17, 15) is 9.18 Å². The number of hydrogen-bond donors (Lipinski definition) is 2. The quantitative estimate of drug-likeness (QED) is 0.430. The van der Waals surface area contributed by atoms with Gasteiger partial charge in [-0.1, -0.05) is 0 Å². The van der Waals surface area contributed by atoms with Crippen molar-refractivity contribution in [3.63, 3.8) is 0 Å². The number of amides is 1. The van der Waals surface area contributed by atoms with Crippen LogP contribution in [0, 0.1) is 12.7 Å². The normalized spacial score (nSPS) is 11.2. The topological polar surface area (TPSA) is 99.5 Å². The Morgan fingerprint density at radius 3 is 2.82 bits per heavy atom. The smallest absolute Gasteiger partial charge is 0.271 e. The number of imidazole rings is 1. The number of ether oxygens (including phenoxy) is 1. The van der Waals surface area contributed by atoms with E-state index in [4.69, 9.17) is 10.5 Å². The number of carbonyl (C=O) groups excluding carboxylic acids is 1. The van der Waals surface area contributed by atoms with E-state index in [1.807, 2.05) is 29.7 Å². The number of carbonyl (C=O) groups is 1. The molecule has 172 valence electrons. The van der Waals surface area contributed by atoms with Crippen molar-refractivity contribution in [1.82, 2.24) is 24.5 Å². The number of rotatable bonds is 8. The highest BCUT2D eigenvalue weighted by Gasteiger charge is 2.19. The molecule has 8 nitrogen and oxygen atoms in total. The van der Waals surface area contributed by atoms with Crippen LogP contribution in [0.1, 0.15) is 27.4 Å². The van der Waals surface area contributed by atoms with Crippen LogP contribution < -0.4 is 15.8 Å². The standard InChI is InChI=1S/C24H27FN6O2/c1-15-19(23(24(32)27-2)29-30(15)3)9-11-33-21-6-5-17(25)12-20(21)16-4-7-22-28-13-18(8-10-26)31(22)14-16/h4-7,12-14H,8-11,26H2,1-3H3,(H,27,32). The molecule has 3 heterocycles. The molecule has 0 fully saturated rings. The lowest BCUT2D eigenvalue weighted by Gasteiger charge is -2.13. The molecule has 0 atom stereocenters. The van der Waals surface area contributed by atoms with E-state index in [0.29, 0.717) is 43.0 Å². The minimum atomic E-state index is -0.352. The van der Waals surface area contributed by atoms with E-state index < -0.39 is 0 Å². The monoisotopic (exact) mass is 450 g/mol. The number of pyridine rings is 1. The van der Waals surface area contributed by atoms with Gasteiger partial charge in [0, 0.05) is 67.4 Å². The highest BCUT2D eigenvalue weighted by atomic mass is 19.1. The number of aryl methyl sites for hydroxylation is 1. The van der Waals surface area contributed by atoms with Gasteiger partial charge in [-0.25, -0.2) is 9.37 Å². The molecule has 1 aromatic carbocycles. The zero-order valence-corrected chi connectivity index (χ0v) is 18.9. The summed E-state index contributed by atoms with van der Waals surface area (Å²) >= 11 is 0. The predicted molar refractivity (Wildman–Crippen MR) is 124 cm³/mol. The van der Waals surface area contributed by atoms with Crippen LogP contribution in [-0.4, -0.2) is 45.3 Å². The number of benzene rings is 1. The minimum Gasteiger partial charge on any atom is -0.493 e. The van der Waals surface area contributed by atoms with Gasteiger partial charge < -0.3 is 20.2 Å². The number of hydrogen-bond acceptors (Lipinski definition) is 5. The number of halogens is 1. The zero-order chi connectivity index (χ0) is 23.5. The minimum absolute atomic E-state index is 0.238. The molecular formula is C24H27FN6O2. The molecule has 0 bridgehead atoms. The molecule has 0 saturated carbocycles. The first-order chi connectivity index (χ1) is 15.9. The second-order valence-corrected chi connectivity index (χ2v) is 7.79. The first kappa shape index (κ1) is 22.5. The molecule has 0 saturated heterocycles. The van der Waals surface area contributed by atoms with Crippen molar-refractivity contribution in [2.24, 2.45) is 12.8 Å². The summed E-state index contributed by atoms with van der Waals surface area (Å²) < 4.78 is 23.9. The third-order valence-electron chi connectivity index (χ3n) is 5.75. The Morgan fingerprint density at radius 2 is 2.06 bits per heavy atom. The maximum Gasteiger partial charge on any atom is 0.271 e. The second kappa shape index (κ2) is 9.41. The van der Waals surface area contributed by atoms with Crippen LogP contribution in [0.25, 0.3) is 16.8 Å². The van der Waals surface area contributed by atoms with Crippen LogP contribution in [0.2, 0.25) is 0 Å². The molecule has 0 aliphatic rings. The summed E-state index contributed by atoms with van der Waals surface area (Å²) in [6.07, 6.45) is 4.90. The molecule has 9 heteroatoms. The average molecular weight is 451 g/mol. The van der Waals surface area contributed by atoms with E-state index in [-0.39, 0.29) is 11.7 Å². The molecule has 0 aliphatic heterocycles. The maximum absolute atomic E-state index is 14.2. The summed E-state index contributed by atoms with van der Waals surface area (Å²) in [4.78, 5) is 16.6. The van der Waals surface area contributed by atoms with Crippen LogP contribution in [-0.2, 0) is 19.9 Å². The van der Waals surface area contributed by atoms with Gasteiger partial charge in [0.25, 0.3) is 5.91 Å². The lowest BCUT2D eigenvalue weighted by atomic mass is 10.1. The second-order valence-electron chi connectivity index (χ2n) is 7.79. The molecule has 1 amide bonds. The van der Waals surface area contributed by atoms with Gasteiger partial charge in [-0.05, 0) is 43.8 Å². The summed E-state index contributed by atoms with van der Waals surface area (Å²) in [7, 11) is 3.38. The molecule has 4 rings (SSSR count). The van der Waals surface area contributed by atoms with Crippen molar-refractivity contribution in [3.05, 3.63) is 71.2 Å². The fourth-order valence-electron chi connectivity index (χ4n) is 3.89. The van der Waals surface area contributed by atoms with Crippen LogP contribution in [0.15, 0.2) is 42.7 Å². The molecule has 33 heavy (non-hydrogen) atoms.